The standard InChI is InChI=1S/C11H7ClN4O.C2H6/c12-11-15-5-10(6-16-11)17-7-8-1-2-14-4-9(8)3-13;1-2/h1-2,4-6H,7H2;1-2H3. The predicted molar refractivity (Wildman–Crippen MR) is 71.7 cm³/mol. The maximum absolute atomic E-state index is 8.86. The molecule has 5 nitrogen and oxygen atoms in total. The van der Waals surface area contributed by atoms with Gasteiger partial charge in [0, 0.05) is 18.0 Å². The van der Waals surface area contributed by atoms with Gasteiger partial charge in [-0.25, -0.2) is 9.97 Å². The van der Waals surface area contributed by atoms with E-state index in [9.17, 15) is 0 Å². The SMILES string of the molecule is CC.N#Cc1cnccc1COc1cnc(Cl)nc1. The van der Waals surface area contributed by atoms with Gasteiger partial charge in [0.2, 0.25) is 5.28 Å². The van der Waals surface area contributed by atoms with Crippen LogP contribution < -0.4 is 4.74 Å². The Labute approximate surface area is 116 Å². The van der Waals surface area contributed by atoms with Gasteiger partial charge < -0.3 is 4.74 Å². The van der Waals surface area contributed by atoms with E-state index >= 15 is 0 Å². The Morgan fingerprint density at radius 2 is 1.95 bits per heavy atom. The Morgan fingerprint density at radius 1 is 1.26 bits per heavy atom. The fraction of sp³-hybridized carbons (Fsp3) is 0.231. The first-order valence-electron chi connectivity index (χ1n) is 5.73. The largest absolute Gasteiger partial charge is 0.486 e. The number of hydrogen-bond acceptors (Lipinski definition) is 5. The average Bonchev–Trinajstić information content (AvgIpc) is 2.49. The monoisotopic (exact) mass is 276 g/mol. The van der Waals surface area contributed by atoms with Crippen molar-refractivity contribution in [2.75, 3.05) is 0 Å². The molecule has 19 heavy (non-hydrogen) atoms. The molecule has 98 valence electrons. The summed E-state index contributed by atoms with van der Waals surface area (Å²) in [7, 11) is 0. The van der Waals surface area contributed by atoms with Crippen molar-refractivity contribution in [1.82, 2.24) is 15.0 Å². The van der Waals surface area contributed by atoms with Crippen LogP contribution in [0.4, 0.5) is 0 Å². The van der Waals surface area contributed by atoms with Crippen LogP contribution in [0.25, 0.3) is 0 Å². The van der Waals surface area contributed by atoms with E-state index < -0.39 is 0 Å². The number of hydrogen-bond donors (Lipinski definition) is 0. The van der Waals surface area contributed by atoms with Gasteiger partial charge in [0.25, 0.3) is 0 Å². The molecule has 0 unspecified atom stereocenters. The predicted octanol–water partition coefficient (Wildman–Crippen LogP) is 3.00. The molecule has 0 spiro atoms. The Hall–Kier alpha value is -2.19. The summed E-state index contributed by atoms with van der Waals surface area (Å²) < 4.78 is 5.43. The second-order valence-corrected chi connectivity index (χ2v) is 3.46. The molecule has 0 fully saturated rings. The summed E-state index contributed by atoms with van der Waals surface area (Å²) in [6, 6.07) is 3.78. The second-order valence-electron chi connectivity index (χ2n) is 3.12. The van der Waals surface area contributed by atoms with Crippen LogP contribution in [-0.4, -0.2) is 15.0 Å². The van der Waals surface area contributed by atoms with Crippen LogP contribution in [-0.2, 0) is 6.61 Å². The minimum absolute atomic E-state index is 0.166. The van der Waals surface area contributed by atoms with Crippen LogP contribution in [0.2, 0.25) is 5.28 Å². The molecule has 2 rings (SSSR count). The van der Waals surface area contributed by atoms with E-state index in [2.05, 4.69) is 15.0 Å². The lowest BCUT2D eigenvalue weighted by molar-refractivity contribution is 0.303. The summed E-state index contributed by atoms with van der Waals surface area (Å²) in [6.07, 6.45) is 6.06. The van der Waals surface area contributed by atoms with Crippen molar-refractivity contribution >= 4 is 11.6 Å². The molecule has 0 aliphatic rings. The third-order valence-electron chi connectivity index (χ3n) is 2.02. The van der Waals surface area contributed by atoms with Crippen molar-refractivity contribution in [3.8, 4) is 11.8 Å². The van der Waals surface area contributed by atoms with E-state index in [1.165, 1.54) is 18.6 Å². The quantitative estimate of drug-likeness (QED) is 0.806. The van der Waals surface area contributed by atoms with Gasteiger partial charge in [0.05, 0.1) is 18.0 Å². The topological polar surface area (TPSA) is 71.7 Å². The van der Waals surface area contributed by atoms with E-state index in [1.54, 1.807) is 12.3 Å². The minimum Gasteiger partial charge on any atom is -0.486 e. The molecule has 2 heterocycles. The highest BCUT2D eigenvalue weighted by molar-refractivity contribution is 6.28. The van der Waals surface area contributed by atoms with Crippen LogP contribution in [0.1, 0.15) is 25.0 Å². The van der Waals surface area contributed by atoms with Gasteiger partial charge in [0.1, 0.15) is 12.7 Å². The first kappa shape index (κ1) is 14.9. The van der Waals surface area contributed by atoms with Gasteiger partial charge in [-0.15, -0.1) is 0 Å². The van der Waals surface area contributed by atoms with Gasteiger partial charge in [0.15, 0.2) is 5.75 Å². The van der Waals surface area contributed by atoms with Crippen molar-refractivity contribution in [2.24, 2.45) is 0 Å². The van der Waals surface area contributed by atoms with Crippen LogP contribution in [0.5, 0.6) is 5.75 Å². The van der Waals surface area contributed by atoms with Crippen molar-refractivity contribution < 1.29 is 4.74 Å². The summed E-state index contributed by atoms with van der Waals surface area (Å²) in [5, 5.41) is 9.03. The number of ether oxygens (including phenoxy) is 1. The van der Waals surface area contributed by atoms with Gasteiger partial charge in [-0.3, -0.25) is 4.98 Å². The summed E-state index contributed by atoms with van der Waals surface area (Å²) in [4.78, 5) is 11.4. The maximum Gasteiger partial charge on any atom is 0.222 e. The third kappa shape index (κ3) is 4.53. The summed E-state index contributed by atoms with van der Waals surface area (Å²) in [6.45, 7) is 4.26. The fourth-order valence-corrected chi connectivity index (χ4v) is 1.28. The minimum atomic E-state index is 0.166. The van der Waals surface area contributed by atoms with Gasteiger partial charge >= 0.3 is 0 Å². The summed E-state index contributed by atoms with van der Waals surface area (Å²) >= 11 is 5.55. The number of nitriles is 1. The molecule has 0 aliphatic carbocycles. The number of halogens is 1. The molecular formula is C13H13ClN4O. The Balaban J connectivity index is 0.000000861. The number of rotatable bonds is 3. The number of aromatic nitrogens is 3. The molecule has 2 aromatic heterocycles. The number of pyridine rings is 1. The van der Waals surface area contributed by atoms with Crippen LogP contribution in [0.3, 0.4) is 0 Å². The highest BCUT2D eigenvalue weighted by atomic mass is 35.5. The zero-order valence-corrected chi connectivity index (χ0v) is 11.4. The molecular weight excluding hydrogens is 264 g/mol. The Bertz CT molecular complexity index is 551. The van der Waals surface area contributed by atoms with Crippen molar-refractivity contribution in [1.29, 1.82) is 5.26 Å². The lowest BCUT2D eigenvalue weighted by atomic mass is 10.2. The summed E-state index contributed by atoms with van der Waals surface area (Å²) in [5.41, 5.74) is 1.25. The lowest BCUT2D eigenvalue weighted by Gasteiger charge is -2.06. The van der Waals surface area contributed by atoms with E-state index in [-0.39, 0.29) is 11.9 Å². The van der Waals surface area contributed by atoms with Gasteiger partial charge in [-0.2, -0.15) is 5.26 Å². The van der Waals surface area contributed by atoms with Gasteiger partial charge in [-0.1, -0.05) is 13.8 Å². The van der Waals surface area contributed by atoms with E-state index in [4.69, 9.17) is 21.6 Å². The molecule has 0 aromatic carbocycles. The smallest absolute Gasteiger partial charge is 0.222 e. The highest BCUT2D eigenvalue weighted by Gasteiger charge is 2.03. The van der Waals surface area contributed by atoms with Crippen molar-refractivity contribution in [2.45, 2.75) is 20.5 Å². The van der Waals surface area contributed by atoms with Crippen molar-refractivity contribution in [3.05, 3.63) is 47.3 Å². The van der Waals surface area contributed by atoms with E-state index in [1.807, 2.05) is 19.9 Å². The molecule has 0 bridgehead atoms. The van der Waals surface area contributed by atoms with Crippen LogP contribution >= 0.6 is 11.6 Å². The third-order valence-corrected chi connectivity index (χ3v) is 2.22. The fourth-order valence-electron chi connectivity index (χ4n) is 1.19. The maximum atomic E-state index is 8.86. The van der Waals surface area contributed by atoms with Crippen LogP contribution in [0.15, 0.2) is 30.9 Å². The average molecular weight is 277 g/mol. The Kier molecular flexibility index (Phi) is 6.27. The molecule has 0 saturated heterocycles. The normalized spacial score (nSPS) is 8.95. The zero-order valence-electron chi connectivity index (χ0n) is 10.7. The molecule has 0 N–H and O–H groups in total. The molecule has 0 atom stereocenters. The zero-order chi connectivity index (χ0) is 14.1. The van der Waals surface area contributed by atoms with Gasteiger partial charge in [-0.05, 0) is 17.7 Å². The first-order valence-corrected chi connectivity index (χ1v) is 6.10. The van der Waals surface area contributed by atoms with E-state index in [0.29, 0.717) is 11.3 Å². The molecule has 0 amide bonds. The number of nitrogens with zero attached hydrogens (tertiary/aromatic N) is 4. The molecule has 2 aromatic rings. The lowest BCUT2D eigenvalue weighted by Crippen LogP contribution is -1.99. The Morgan fingerprint density at radius 3 is 2.58 bits per heavy atom. The van der Waals surface area contributed by atoms with Crippen LogP contribution in [0, 0.1) is 11.3 Å². The van der Waals surface area contributed by atoms with E-state index in [0.717, 1.165) is 5.56 Å². The first-order chi connectivity index (χ1) is 9.29. The molecule has 0 radical (unpaired) electrons. The highest BCUT2D eigenvalue weighted by Crippen LogP contribution is 2.13. The van der Waals surface area contributed by atoms with Crippen molar-refractivity contribution in [3.63, 3.8) is 0 Å². The molecule has 0 saturated carbocycles. The molecule has 0 aliphatic heterocycles. The molecule has 6 heteroatoms. The summed E-state index contributed by atoms with van der Waals surface area (Å²) in [5.74, 6) is 0.495. The second kappa shape index (κ2) is 8.01.